The van der Waals surface area contributed by atoms with Gasteiger partial charge in [-0.1, -0.05) is 17.7 Å². The summed E-state index contributed by atoms with van der Waals surface area (Å²) in [7, 11) is 0. The van der Waals surface area contributed by atoms with Crippen LogP contribution in [0.25, 0.3) is 0 Å². The van der Waals surface area contributed by atoms with Crippen LogP contribution in [-0.4, -0.2) is 46.4 Å². The number of ether oxygens (including phenoxy) is 1. The van der Waals surface area contributed by atoms with Crippen LogP contribution in [0.5, 0.6) is 0 Å². The second kappa shape index (κ2) is 8.76. The molecule has 0 fully saturated rings. The Morgan fingerprint density at radius 2 is 2.00 bits per heavy atom. The first kappa shape index (κ1) is 18.4. The maximum absolute atomic E-state index is 11.3. The predicted octanol–water partition coefficient (Wildman–Crippen LogP) is 1.44. The van der Waals surface area contributed by atoms with Gasteiger partial charge in [0.2, 0.25) is 17.6 Å². The van der Waals surface area contributed by atoms with Gasteiger partial charge in [-0.3, -0.25) is 10.1 Å². The van der Waals surface area contributed by atoms with Gasteiger partial charge in [0.25, 0.3) is 0 Å². The molecule has 134 valence electrons. The molecular weight excluding hydrogens is 328 g/mol. The number of rotatable bonds is 9. The van der Waals surface area contributed by atoms with E-state index in [9.17, 15) is 10.1 Å². The molecule has 0 atom stereocenters. The maximum Gasteiger partial charge on any atom is 0.353 e. The highest BCUT2D eigenvalue weighted by Gasteiger charge is 2.23. The molecule has 0 bridgehead atoms. The molecule has 10 nitrogen and oxygen atoms in total. The van der Waals surface area contributed by atoms with E-state index in [0.29, 0.717) is 18.8 Å². The molecule has 0 saturated heterocycles. The smallest absolute Gasteiger partial charge is 0.353 e. The van der Waals surface area contributed by atoms with Crippen molar-refractivity contribution in [3.8, 4) is 0 Å². The molecule has 10 heteroatoms. The van der Waals surface area contributed by atoms with Crippen molar-refractivity contribution in [1.82, 2.24) is 9.97 Å². The summed E-state index contributed by atoms with van der Waals surface area (Å²) in [6.45, 7) is 2.79. The highest BCUT2D eigenvalue weighted by Crippen LogP contribution is 2.31. The second-order valence-electron chi connectivity index (χ2n) is 5.14. The normalized spacial score (nSPS) is 10.5. The highest BCUT2D eigenvalue weighted by atomic mass is 16.6. The Morgan fingerprint density at radius 1 is 1.28 bits per heavy atom. The number of nitro groups is 1. The van der Waals surface area contributed by atoms with E-state index in [2.05, 4.69) is 20.6 Å². The summed E-state index contributed by atoms with van der Waals surface area (Å²) in [6, 6.07) is 7.31. The molecule has 0 amide bonds. The number of nitrogens with one attached hydrogen (secondary N) is 2. The number of aliphatic hydroxyl groups is 1. The quantitative estimate of drug-likeness (QED) is 0.300. The van der Waals surface area contributed by atoms with Gasteiger partial charge in [0, 0.05) is 12.2 Å². The number of hydrogen-bond acceptors (Lipinski definition) is 9. The lowest BCUT2D eigenvalue weighted by molar-refractivity contribution is -0.383. The van der Waals surface area contributed by atoms with Gasteiger partial charge < -0.3 is 26.2 Å². The number of nitrogens with two attached hydrogens (primary N) is 1. The summed E-state index contributed by atoms with van der Waals surface area (Å²) in [5.41, 5.74) is 7.03. The number of aliphatic hydroxyl groups excluding tert-OH is 1. The van der Waals surface area contributed by atoms with Gasteiger partial charge in [0.1, 0.15) is 0 Å². The molecule has 2 rings (SSSR count). The fourth-order valence-corrected chi connectivity index (χ4v) is 1.99. The van der Waals surface area contributed by atoms with Crippen molar-refractivity contribution in [2.24, 2.45) is 0 Å². The molecule has 0 unspecified atom stereocenters. The van der Waals surface area contributed by atoms with Crippen LogP contribution in [0.1, 0.15) is 5.56 Å². The summed E-state index contributed by atoms with van der Waals surface area (Å²) in [4.78, 5) is 18.7. The van der Waals surface area contributed by atoms with E-state index in [4.69, 9.17) is 15.6 Å². The number of aryl methyl sites for hydroxylation is 1. The average Bonchev–Trinajstić information content (AvgIpc) is 2.56. The van der Waals surface area contributed by atoms with Crippen LogP contribution in [-0.2, 0) is 4.74 Å². The Bertz CT molecular complexity index is 723. The van der Waals surface area contributed by atoms with Crippen molar-refractivity contribution in [3.05, 3.63) is 39.9 Å². The first-order valence-electron chi connectivity index (χ1n) is 7.59. The van der Waals surface area contributed by atoms with E-state index in [-0.39, 0.29) is 36.5 Å². The number of aromatic nitrogens is 2. The maximum atomic E-state index is 11.3. The molecule has 0 saturated carbocycles. The molecule has 1 aromatic carbocycles. The Morgan fingerprint density at radius 3 is 2.64 bits per heavy atom. The van der Waals surface area contributed by atoms with Crippen molar-refractivity contribution in [1.29, 1.82) is 0 Å². The number of nitrogen functional groups attached to an aromatic ring is 1. The average molecular weight is 348 g/mol. The summed E-state index contributed by atoms with van der Waals surface area (Å²) < 4.78 is 5.11. The molecule has 5 N–H and O–H groups in total. The zero-order valence-corrected chi connectivity index (χ0v) is 13.7. The topological polar surface area (TPSA) is 148 Å². The molecule has 0 spiro atoms. The third-order valence-corrected chi connectivity index (χ3v) is 3.17. The minimum absolute atomic E-state index is 0.000120. The number of nitrogens with zero attached hydrogens (tertiary/aromatic N) is 3. The van der Waals surface area contributed by atoms with Crippen LogP contribution >= 0.6 is 0 Å². The predicted molar refractivity (Wildman–Crippen MR) is 94.0 cm³/mol. The van der Waals surface area contributed by atoms with Gasteiger partial charge in [0.05, 0.1) is 24.7 Å². The van der Waals surface area contributed by atoms with E-state index in [1.165, 1.54) is 0 Å². The van der Waals surface area contributed by atoms with Crippen LogP contribution in [0.3, 0.4) is 0 Å². The summed E-state index contributed by atoms with van der Waals surface area (Å²) >= 11 is 0. The van der Waals surface area contributed by atoms with Crippen molar-refractivity contribution in [3.63, 3.8) is 0 Å². The van der Waals surface area contributed by atoms with Crippen molar-refractivity contribution < 1.29 is 14.8 Å². The van der Waals surface area contributed by atoms with E-state index in [1.54, 1.807) is 12.1 Å². The van der Waals surface area contributed by atoms with E-state index in [0.717, 1.165) is 5.56 Å². The zero-order valence-electron chi connectivity index (χ0n) is 13.7. The number of hydrogen-bond donors (Lipinski definition) is 4. The van der Waals surface area contributed by atoms with E-state index < -0.39 is 4.92 Å². The largest absolute Gasteiger partial charge is 0.394 e. The van der Waals surface area contributed by atoms with Crippen molar-refractivity contribution >= 4 is 29.0 Å². The van der Waals surface area contributed by atoms with Crippen LogP contribution in [0, 0.1) is 17.0 Å². The third-order valence-electron chi connectivity index (χ3n) is 3.17. The molecule has 1 aromatic heterocycles. The first-order valence-corrected chi connectivity index (χ1v) is 7.59. The lowest BCUT2D eigenvalue weighted by Gasteiger charge is -2.11. The molecule has 0 aliphatic carbocycles. The van der Waals surface area contributed by atoms with Crippen molar-refractivity contribution in [2.75, 3.05) is 42.7 Å². The lowest BCUT2D eigenvalue weighted by Crippen LogP contribution is -2.15. The lowest BCUT2D eigenvalue weighted by atomic mass is 10.2. The van der Waals surface area contributed by atoms with E-state index in [1.807, 2.05) is 19.1 Å². The minimum atomic E-state index is -0.625. The van der Waals surface area contributed by atoms with Gasteiger partial charge in [-0.2, -0.15) is 9.97 Å². The first-order chi connectivity index (χ1) is 12.0. The minimum Gasteiger partial charge on any atom is -0.394 e. The Hall–Kier alpha value is -2.98. The van der Waals surface area contributed by atoms with Gasteiger partial charge in [-0.25, -0.2) is 0 Å². The molecule has 0 radical (unpaired) electrons. The summed E-state index contributed by atoms with van der Waals surface area (Å²) in [5, 5.41) is 25.7. The van der Waals surface area contributed by atoms with Crippen LogP contribution in [0.4, 0.5) is 29.0 Å². The second-order valence-corrected chi connectivity index (χ2v) is 5.14. The summed E-state index contributed by atoms with van der Waals surface area (Å²) in [6.07, 6.45) is 0. The number of anilines is 4. The zero-order chi connectivity index (χ0) is 18.2. The van der Waals surface area contributed by atoms with Crippen molar-refractivity contribution in [2.45, 2.75) is 6.92 Å². The third kappa shape index (κ3) is 5.26. The van der Waals surface area contributed by atoms with Gasteiger partial charge in [-0.05, 0) is 19.1 Å². The van der Waals surface area contributed by atoms with Crippen LogP contribution in [0.2, 0.25) is 0 Å². The SMILES string of the molecule is Cc1ccc(Nc2nc(NCCOCCO)nc(N)c2[N+](=O)[O-])cc1. The van der Waals surface area contributed by atoms with Crippen LogP contribution in [0.15, 0.2) is 24.3 Å². The molecule has 2 aromatic rings. The fourth-order valence-electron chi connectivity index (χ4n) is 1.99. The standard InChI is InChI=1S/C15H20N6O4/c1-10-2-4-11(5-3-10)18-14-12(21(23)24)13(16)19-15(20-14)17-6-8-25-9-7-22/h2-5,22H,6-9H2,1H3,(H4,16,17,18,19,20). The summed E-state index contributed by atoms with van der Waals surface area (Å²) in [5.74, 6) is -0.0983. The molecular formula is C15H20N6O4. The Kier molecular flexibility index (Phi) is 6.43. The molecule has 0 aliphatic rings. The van der Waals surface area contributed by atoms with Crippen LogP contribution < -0.4 is 16.4 Å². The molecule has 1 heterocycles. The van der Waals surface area contributed by atoms with Gasteiger partial charge in [-0.15, -0.1) is 0 Å². The highest BCUT2D eigenvalue weighted by molar-refractivity contribution is 5.74. The fraction of sp³-hybridized carbons (Fsp3) is 0.333. The van der Waals surface area contributed by atoms with Gasteiger partial charge >= 0.3 is 5.69 Å². The Labute approximate surface area is 144 Å². The van der Waals surface area contributed by atoms with Gasteiger partial charge in [0.15, 0.2) is 0 Å². The number of benzene rings is 1. The van der Waals surface area contributed by atoms with E-state index >= 15 is 0 Å². The monoisotopic (exact) mass is 348 g/mol. The molecule has 0 aliphatic heterocycles. The molecule has 25 heavy (non-hydrogen) atoms. The Balaban J connectivity index is 2.19.